The minimum Gasteiger partial charge on any atom is -0.354 e. The van der Waals surface area contributed by atoms with E-state index in [9.17, 15) is 4.79 Å². The number of hydrogen-bond acceptors (Lipinski definition) is 3. The standard InChI is InChI=1S/C22H35N3O/c1-17-7-9-19(10-8-17)21(25-12-3-4-13-25)16-24-22(26)14-18(2)20-6-5-11-23-15-20/h7-10,18,20-21,23H,3-6,11-16H2,1-2H3,(H,24,26). The fraction of sp³-hybridized carbons (Fsp3) is 0.682. The molecule has 3 atom stereocenters. The first-order chi connectivity index (χ1) is 12.6. The summed E-state index contributed by atoms with van der Waals surface area (Å²) in [5, 5.41) is 6.71. The second-order valence-corrected chi connectivity index (χ2v) is 8.26. The zero-order valence-electron chi connectivity index (χ0n) is 16.5. The first kappa shape index (κ1) is 19.4. The molecule has 0 bridgehead atoms. The smallest absolute Gasteiger partial charge is 0.220 e. The second kappa shape index (κ2) is 9.52. The Kier molecular flexibility index (Phi) is 7.09. The molecule has 1 aromatic rings. The Morgan fingerprint density at radius 3 is 2.62 bits per heavy atom. The molecule has 1 aromatic carbocycles. The Morgan fingerprint density at radius 2 is 1.96 bits per heavy atom. The zero-order valence-corrected chi connectivity index (χ0v) is 16.5. The molecule has 3 rings (SSSR count). The van der Waals surface area contributed by atoms with Crippen LogP contribution in [0.3, 0.4) is 0 Å². The summed E-state index contributed by atoms with van der Waals surface area (Å²) >= 11 is 0. The van der Waals surface area contributed by atoms with Crippen LogP contribution in [0, 0.1) is 18.8 Å². The summed E-state index contributed by atoms with van der Waals surface area (Å²) in [5.74, 6) is 1.30. The Morgan fingerprint density at radius 1 is 1.23 bits per heavy atom. The lowest BCUT2D eigenvalue weighted by Gasteiger charge is -2.30. The van der Waals surface area contributed by atoms with Crippen LogP contribution in [0.2, 0.25) is 0 Å². The number of nitrogens with zero attached hydrogens (tertiary/aromatic N) is 1. The predicted molar refractivity (Wildman–Crippen MR) is 107 cm³/mol. The van der Waals surface area contributed by atoms with E-state index in [1.165, 1.54) is 36.8 Å². The van der Waals surface area contributed by atoms with Crippen LogP contribution < -0.4 is 10.6 Å². The minimum atomic E-state index is 0.208. The number of likely N-dealkylation sites (tertiary alicyclic amines) is 1. The molecule has 2 aliphatic rings. The van der Waals surface area contributed by atoms with Gasteiger partial charge in [0.05, 0.1) is 6.04 Å². The van der Waals surface area contributed by atoms with Gasteiger partial charge in [0.1, 0.15) is 0 Å². The van der Waals surface area contributed by atoms with E-state index < -0.39 is 0 Å². The number of hydrogen-bond donors (Lipinski definition) is 2. The van der Waals surface area contributed by atoms with E-state index in [1.807, 2.05) is 0 Å². The van der Waals surface area contributed by atoms with Gasteiger partial charge in [-0.25, -0.2) is 0 Å². The molecule has 0 aliphatic carbocycles. The van der Waals surface area contributed by atoms with Crippen LogP contribution in [0.25, 0.3) is 0 Å². The average molecular weight is 358 g/mol. The Hall–Kier alpha value is -1.39. The highest BCUT2D eigenvalue weighted by molar-refractivity contribution is 5.76. The Balaban J connectivity index is 1.54. The fourth-order valence-electron chi connectivity index (χ4n) is 4.41. The number of piperidine rings is 1. The first-order valence-corrected chi connectivity index (χ1v) is 10.4. The third kappa shape index (κ3) is 5.31. The van der Waals surface area contributed by atoms with Crippen molar-refractivity contribution < 1.29 is 4.79 Å². The van der Waals surface area contributed by atoms with Gasteiger partial charge >= 0.3 is 0 Å². The molecule has 26 heavy (non-hydrogen) atoms. The lowest BCUT2D eigenvalue weighted by Crippen LogP contribution is -2.39. The van der Waals surface area contributed by atoms with Crippen LogP contribution in [0.1, 0.15) is 56.2 Å². The predicted octanol–water partition coefficient (Wildman–Crippen LogP) is 3.27. The molecule has 1 amide bonds. The van der Waals surface area contributed by atoms with Crippen LogP contribution in [0.4, 0.5) is 0 Å². The fourth-order valence-corrected chi connectivity index (χ4v) is 4.41. The lowest BCUT2D eigenvalue weighted by molar-refractivity contribution is -0.122. The summed E-state index contributed by atoms with van der Waals surface area (Å²) in [5.41, 5.74) is 2.61. The van der Waals surface area contributed by atoms with Gasteiger partial charge in [-0.05, 0) is 76.2 Å². The summed E-state index contributed by atoms with van der Waals surface area (Å²) in [6.07, 6.45) is 5.67. The topological polar surface area (TPSA) is 44.4 Å². The van der Waals surface area contributed by atoms with Crippen molar-refractivity contribution >= 4 is 5.91 Å². The van der Waals surface area contributed by atoms with Gasteiger partial charge < -0.3 is 10.6 Å². The maximum atomic E-state index is 12.6. The molecule has 2 N–H and O–H groups in total. The summed E-state index contributed by atoms with van der Waals surface area (Å²) in [6, 6.07) is 9.10. The molecule has 2 aliphatic heterocycles. The number of benzene rings is 1. The molecular weight excluding hydrogens is 322 g/mol. The van der Waals surface area contributed by atoms with Gasteiger partial charge in [-0.15, -0.1) is 0 Å². The maximum absolute atomic E-state index is 12.6. The van der Waals surface area contributed by atoms with Gasteiger partial charge in [0.15, 0.2) is 0 Å². The zero-order chi connectivity index (χ0) is 18.4. The van der Waals surface area contributed by atoms with Crippen molar-refractivity contribution in [3.05, 3.63) is 35.4 Å². The van der Waals surface area contributed by atoms with E-state index in [0.29, 0.717) is 24.3 Å². The van der Waals surface area contributed by atoms with Crippen molar-refractivity contribution in [2.75, 3.05) is 32.7 Å². The summed E-state index contributed by atoms with van der Waals surface area (Å²) in [7, 11) is 0. The molecule has 0 aromatic heterocycles. The van der Waals surface area contributed by atoms with E-state index in [4.69, 9.17) is 0 Å². The lowest BCUT2D eigenvalue weighted by atomic mass is 9.85. The normalized spacial score (nSPS) is 23.5. The van der Waals surface area contributed by atoms with E-state index in [0.717, 1.165) is 32.7 Å². The van der Waals surface area contributed by atoms with E-state index >= 15 is 0 Å². The number of carbonyl (C=O) groups is 1. The molecule has 4 nitrogen and oxygen atoms in total. The van der Waals surface area contributed by atoms with Crippen molar-refractivity contribution in [2.45, 2.75) is 52.0 Å². The van der Waals surface area contributed by atoms with Crippen molar-refractivity contribution in [2.24, 2.45) is 11.8 Å². The van der Waals surface area contributed by atoms with Gasteiger partial charge in [0, 0.05) is 13.0 Å². The number of rotatable bonds is 7. The van der Waals surface area contributed by atoms with Gasteiger partial charge in [-0.3, -0.25) is 9.69 Å². The molecule has 144 valence electrons. The van der Waals surface area contributed by atoms with Crippen LogP contribution in [0.15, 0.2) is 24.3 Å². The third-order valence-electron chi connectivity index (χ3n) is 6.18. The SMILES string of the molecule is Cc1ccc(C(CNC(=O)CC(C)C2CCCNC2)N2CCCC2)cc1. The summed E-state index contributed by atoms with van der Waals surface area (Å²) in [6.45, 7) is 9.54. The molecule has 3 unspecified atom stereocenters. The largest absolute Gasteiger partial charge is 0.354 e. The van der Waals surface area contributed by atoms with Crippen molar-refractivity contribution in [1.82, 2.24) is 15.5 Å². The molecule has 2 heterocycles. The number of amides is 1. The number of carbonyl (C=O) groups excluding carboxylic acids is 1. The van der Waals surface area contributed by atoms with Crippen molar-refractivity contribution in [3.8, 4) is 0 Å². The number of aryl methyl sites for hydroxylation is 1. The molecule has 2 fully saturated rings. The molecular formula is C22H35N3O. The molecule has 0 spiro atoms. The first-order valence-electron chi connectivity index (χ1n) is 10.4. The van der Waals surface area contributed by atoms with E-state index in [2.05, 4.69) is 53.6 Å². The Labute approximate surface area is 158 Å². The van der Waals surface area contributed by atoms with Crippen molar-refractivity contribution in [3.63, 3.8) is 0 Å². The quantitative estimate of drug-likeness (QED) is 0.787. The maximum Gasteiger partial charge on any atom is 0.220 e. The van der Waals surface area contributed by atoms with Gasteiger partial charge in [0.2, 0.25) is 5.91 Å². The van der Waals surface area contributed by atoms with Crippen LogP contribution in [0.5, 0.6) is 0 Å². The molecule has 2 saturated heterocycles. The Bertz CT molecular complexity index is 559. The van der Waals surface area contributed by atoms with Gasteiger partial charge in [0.25, 0.3) is 0 Å². The van der Waals surface area contributed by atoms with Gasteiger partial charge in [-0.2, -0.15) is 0 Å². The minimum absolute atomic E-state index is 0.208. The molecule has 0 radical (unpaired) electrons. The second-order valence-electron chi connectivity index (χ2n) is 8.26. The molecule has 0 saturated carbocycles. The number of nitrogens with one attached hydrogen (secondary N) is 2. The molecule has 4 heteroatoms. The van der Waals surface area contributed by atoms with E-state index in [1.54, 1.807) is 0 Å². The van der Waals surface area contributed by atoms with Gasteiger partial charge in [-0.1, -0.05) is 36.8 Å². The van der Waals surface area contributed by atoms with Crippen LogP contribution >= 0.6 is 0 Å². The monoisotopic (exact) mass is 357 g/mol. The van der Waals surface area contributed by atoms with Crippen LogP contribution in [-0.2, 0) is 4.79 Å². The van der Waals surface area contributed by atoms with Crippen LogP contribution in [-0.4, -0.2) is 43.5 Å². The summed E-state index contributed by atoms with van der Waals surface area (Å²) in [4.78, 5) is 15.1. The van der Waals surface area contributed by atoms with E-state index in [-0.39, 0.29) is 5.91 Å². The van der Waals surface area contributed by atoms with Crippen molar-refractivity contribution in [1.29, 1.82) is 0 Å². The summed E-state index contributed by atoms with van der Waals surface area (Å²) < 4.78 is 0. The average Bonchev–Trinajstić information content (AvgIpc) is 3.18. The third-order valence-corrected chi connectivity index (χ3v) is 6.18. The highest BCUT2D eigenvalue weighted by Crippen LogP contribution is 2.26. The highest BCUT2D eigenvalue weighted by Gasteiger charge is 2.25. The highest BCUT2D eigenvalue weighted by atomic mass is 16.1.